The molecule has 0 bridgehead atoms. The Balaban J connectivity index is 2.03. The highest BCUT2D eigenvalue weighted by molar-refractivity contribution is 5.92. The van der Waals surface area contributed by atoms with Crippen molar-refractivity contribution in [2.45, 2.75) is 33.2 Å². The second-order valence-corrected chi connectivity index (χ2v) is 8.63. The molecule has 0 radical (unpaired) electrons. The summed E-state index contributed by atoms with van der Waals surface area (Å²) >= 11 is 0. The summed E-state index contributed by atoms with van der Waals surface area (Å²) in [6.07, 6.45) is 1.24. The van der Waals surface area contributed by atoms with Gasteiger partial charge in [-0.2, -0.15) is 0 Å². The van der Waals surface area contributed by atoms with Crippen molar-refractivity contribution in [1.29, 1.82) is 0 Å². The van der Waals surface area contributed by atoms with Crippen LogP contribution in [0.1, 0.15) is 27.2 Å². The highest BCUT2D eigenvalue weighted by atomic mass is 16.5. The van der Waals surface area contributed by atoms with Gasteiger partial charge in [-0.05, 0) is 17.9 Å². The van der Waals surface area contributed by atoms with Crippen LogP contribution in [0.5, 0.6) is 11.5 Å². The summed E-state index contributed by atoms with van der Waals surface area (Å²) in [5, 5.41) is 10.5. The summed E-state index contributed by atoms with van der Waals surface area (Å²) in [7, 11) is 1.51. The fourth-order valence-electron chi connectivity index (χ4n) is 3.87. The minimum Gasteiger partial charge on any atom is -0.493 e. The van der Waals surface area contributed by atoms with Crippen LogP contribution in [0.3, 0.4) is 0 Å². The highest BCUT2D eigenvalue weighted by Crippen LogP contribution is 2.36. The van der Waals surface area contributed by atoms with Crippen molar-refractivity contribution in [1.82, 2.24) is 14.9 Å². The molecule has 1 aliphatic heterocycles. The van der Waals surface area contributed by atoms with E-state index in [1.54, 1.807) is 12.1 Å². The number of hydrogen-bond donors (Lipinski definition) is 2. The third-order valence-electron chi connectivity index (χ3n) is 5.41. The monoisotopic (exact) mass is 431 g/mol. The number of carbonyl (C=O) groups excluding carboxylic acids is 1. The molecule has 10 heteroatoms. The van der Waals surface area contributed by atoms with Crippen LogP contribution in [-0.4, -0.2) is 71.4 Å². The number of benzene rings is 1. The maximum atomic E-state index is 11.9. The molecule has 0 spiro atoms. The van der Waals surface area contributed by atoms with Crippen LogP contribution in [-0.2, 0) is 4.79 Å². The zero-order valence-electron chi connectivity index (χ0n) is 18.3. The van der Waals surface area contributed by atoms with Gasteiger partial charge in [0.25, 0.3) is 5.91 Å². The van der Waals surface area contributed by atoms with E-state index in [1.807, 2.05) is 20.8 Å². The van der Waals surface area contributed by atoms with Gasteiger partial charge in [-0.1, -0.05) is 20.8 Å². The molecule has 2 heterocycles. The molecule has 3 N–H and O–H groups in total. The third-order valence-corrected chi connectivity index (χ3v) is 5.41. The number of carboxylic acid groups (broad SMARTS) is 1. The number of ether oxygens (including phenoxy) is 2. The quantitative estimate of drug-likeness (QED) is 0.736. The molecule has 2 amide bonds. The van der Waals surface area contributed by atoms with E-state index in [0.717, 1.165) is 5.39 Å². The zero-order chi connectivity index (χ0) is 22.8. The summed E-state index contributed by atoms with van der Waals surface area (Å²) in [6, 6.07) is 3.25. The molecule has 1 aliphatic rings. The Kier molecular flexibility index (Phi) is 6.37. The van der Waals surface area contributed by atoms with Crippen molar-refractivity contribution in [3.63, 3.8) is 0 Å². The lowest BCUT2D eigenvalue weighted by Crippen LogP contribution is -2.51. The predicted octanol–water partition coefficient (Wildman–Crippen LogP) is 2.11. The molecule has 1 aromatic heterocycles. The number of nitrogens with two attached hydrogens (primary N) is 1. The average Bonchev–Trinajstić information content (AvgIpc) is 2.94. The lowest BCUT2D eigenvalue weighted by Gasteiger charge is -2.39. The number of amides is 2. The van der Waals surface area contributed by atoms with Gasteiger partial charge in [0.05, 0.1) is 18.7 Å². The number of anilines is 1. The van der Waals surface area contributed by atoms with Gasteiger partial charge in [0.2, 0.25) is 0 Å². The van der Waals surface area contributed by atoms with E-state index in [4.69, 9.17) is 15.2 Å². The van der Waals surface area contributed by atoms with E-state index in [1.165, 1.54) is 18.3 Å². The molecule has 1 atom stereocenters. The number of hydrogen-bond acceptors (Lipinski definition) is 7. The average molecular weight is 431 g/mol. The zero-order valence-corrected chi connectivity index (χ0v) is 18.3. The Morgan fingerprint density at radius 3 is 2.58 bits per heavy atom. The van der Waals surface area contributed by atoms with E-state index < -0.39 is 12.0 Å². The number of nitrogens with zero attached hydrogens (tertiary/aromatic N) is 4. The van der Waals surface area contributed by atoms with Crippen LogP contribution in [0.2, 0.25) is 0 Å². The molecule has 168 valence electrons. The van der Waals surface area contributed by atoms with Crippen LogP contribution in [0.15, 0.2) is 18.5 Å². The molecule has 3 rings (SSSR count). The van der Waals surface area contributed by atoms with Gasteiger partial charge in [-0.3, -0.25) is 4.79 Å². The molecule has 0 saturated carbocycles. The van der Waals surface area contributed by atoms with Crippen molar-refractivity contribution < 1.29 is 24.2 Å². The van der Waals surface area contributed by atoms with Gasteiger partial charge in [0.15, 0.2) is 18.1 Å². The van der Waals surface area contributed by atoms with E-state index in [2.05, 4.69) is 14.9 Å². The lowest BCUT2D eigenvalue weighted by atomic mass is 9.85. The maximum absolute atomic E-state index is 11.9. The minimum atomic E-state index is -0.910. The first kappa shape index (κ1) is 22.4. The van der Waals surface area contributed by atoms with E-state index in [9.17, 15) is 14.7 Å². The van der Waals surface area contributed by atoms with Crippen molar-refractivity contribution in [3.8, 4) is 11.5 Å². The van der Waals surface area contributed by atoms with Crippen molar-refractivity contribution >= 4 is 28.7 Å². The molecule has 1 unspecified atom stereocenters. The van der Waals surface area contributed by atoms with Gasteiger partial charge in [-0.15, -0.1) is 0 Å². The summed E-state index contributed by atoms with van der Waals surface area (Å²) in [4.78, 5) is 35.4. The van der Waals surface area contributed by atoms with Gasteiger partial charge >= 0.3 is 6.09 Å². The summed E-state index contributed by atoms with van der Waals surface area (Å²) < 4.78 is 10.9. The van der Waals surface area contributed by atoms with Crippen LogP contribution < -0.4 is 20.1 Å². The molecule has 0 aliphatic carbocycles. The largest absolute Gasteiger partial charge is 0.493 e. The van der Waals surface area contributed by atoms with Crippen LogP contribution in [0.4, 0.5) is 10.6 Å². The minimum absolute atomic E-state index is 0.211. The number of fused-ring (bicyclic) bond motifs is 1. The van der Waals surface area contributed by atoms with E-state index >= 15 is 0 Å². The summed E-state index contributed by atoms with van der Waals surface area (Å²) in [6.45, 7) is 7.48. The summed E-state index contributed by atoms with van der Waals surface area (Å²) in [5.74, 6) is 0.899. The molecule has 1 fully saturated rings. The fraction of sp³-hybridized carbons (Fsp3) is 0.524. The maximum Gasteiger partial charge on any atom is 0.407 e. The molecule has 10 nitrogen and oxygen atoms in total. The number of aromatic nitrogens is 2. The summed E-state index contributed by atoms with van der Waals surface area (Å²) in [5.41, 5.74) is 5.55. The smallest absolute Gasteiger partial charge is 0.407 e. The van der Waals surface area contributed by atoms with Gasteiger partial charge in [-0.25, -0.2) is 14.8 Å². The second kappa shape index (κ2) is 8.83. The first-order valence-corrected chi connectivity index (χ1v) is 10.1. The number of carbonyl (C=O) groups is 2. The third kappa shape index (κ3) is 4.89. The van der Waals surface area contributed by atoms with Gasteiger partial charge in [0.1, 0.15) is 12.1 Å². The Morgan fingerprint density at radius 2 is 1.97 bits per heavy atom. The Labute approximate surface area is 180 Å². The second-order valence-electron chi connectivity index (χ2n) is 8.63. The van der Waals surface area contributed by atoms with Crippen LogP contribution in [0.25, 0.3) is 10.9 Å². The fourth-order valence-corrected chi connectivity index (χ4v) is 3.87. The standard InChI is InChI=1S/C21H29N5O5/c1-21(2,3)17-10-25(6-5-7-26(17)20(28)29)19-13-8-15(30-4)16(31-11-18(22)27)9-14(13)23-12-24-19/h8-9,12,17H,5-7,10-11H2,1-4H3,(H2,22,27)(H,28,29). The number of rotatable bonds is 5. The number of primary amides is 1. The Bertz CT molecular complexity index is 975. The van der Waals surface area contributed by atoms with E-state index in [0.29, 0.717) is 48.9 Å². The normalized spacial score (nSPS) is 17.4. The van der Waals surface area contributed by atoms with Gasteiger partial charge in [0, 0.05) is 31.1 Å². The van der Waals surface area contributed by atoms with Crippen LogP contribution in [0, 0.1) is 5.41 Å². The number of methoxy groups -OCH3 is 1. The highest BCUT2D eigenvalue weighted by Gasteiger charge is 2.37. The molecular formula is C21H29N5O5. The Morgan fingerprint density at radius 1 is 1.23 bits per heavy atom. The lowest BCUT2D eigenvalue weighted by molar-refractivity contribution is -0.119. The first-order valence-electron chi connectivity index (χ1n) is 10.1. The molecular weight excluding hydrogens is 402 g/mol. The SMILES string of the molecule is COc1cc2c(N3CCCN(C(=O)O)C(C(C)(C)C)C3)ncnc2cc1OCC(N)=O. The van der Waals surface area contributed by atoms with Crippen molar-refractivity contribution in [2.75, 3.05) is 38.3 Å². The predicted molar refractivity (Wildman–Crippen MR) is 116 cm³/mol. The molecule has 1 aromatic carbocycles. The molecule has 2 aromatic rings. The Hall–Kier alpha value is -3.30. The van der Waals surface area contributed by atoms with E-state index in [-0.39, 0.29) is 18.1 Å². The van der Waals surface area contributed by atoms with Gasteiger partial charge < -0.3 is 30.1 Å². The molecule has 1 saturated heterocycles. The van der Waals surface area contributed by atoms with Crippen molar-refractivity contribution in [2.24, 2.45) is 11.1 Å². The van der Waals surface area contributed by atoms with Crippen molar-refractivity contribution in [3.05, 3.63) is 18.5 Å². The van der Waals surface area contributed by atoms with Crippen LogP contribution >= 0.6 is 0 Å². The topological polar surface area (TPSA) is 131 Å². The molecule has 31 heavy (non-hydrogen) atoms. The first-order chi connectivity index (χ1) is 14.6.